The highest BCUT2D eigenvalue weighted by Crippen LogP contribution is 2.24. The number of carbonyl (C=O) groups is 2. The Hall–Kier alpha value is -1.49. The van der Waals surface area contributed by atoms with Crippen molar-refractivity contribution in [3.05, 3.63) is 30.3 Å². The first-order valence-corrected chi connectivity index (χ1v) is 8.85. The Balaban J connectivity index is 1.55. The van der Waals surface area contributed by atoms with Crippen LogP contribution in [0.5, 0.6) is 0 Å². The molecule has 2 rings (SSSR count). The van der Waals surface area contributed by atoms with Crippen LogP contribution < -0.4 is 5.32 Å². The summed E-state index contributed by atoms with van der Waals surface area (Å²) in [4.78, 5) is 24.6. The average molecular weight is 321 g/mol. The monoisotopic (exact) mass is 321 g/mol. The Morgan fingerprint density at radius 3 is 2.59 bits per heavy atom. The van der Waals surface area contributed by atoms with Crippen LogP contribution in [0.2, 0.25) is 0 Å². The van der Waals surface area contributed by atoms with E-state index in [1.54, 1.807) is 11.8 Å². The van der Waals surface area contributed by atoms with Gasteiger partial charge >= 0.3 is 5.97 Å². The van der Waals surface area contributed by atoms with Crippen molar-refractivity contribution in [3.8, 4) is 0 Å². The molecule has 120 valence electrons. The van der Waals surface area contributed by atoms with Crippen LogP contribution in [0.25, 0.3) is 0 Å². The van der Waals surface area contributed by atoms with Crippen LogP contribution >= 0.6 is 11.8 Å². The molecule has 1 N–H and O–H groups in total. The number of ether oxygens (including phenoxy) is 1. The number of esters is 1. The minimum absolute atomic E-state index is 0.00446. The maximum atomic E-state index is 11.8. The van der Waals surface area contributed by atoms with E-state index < -0.39 is 0 Å². The van der Waals surface area contributed by atoms with Crippen LogP contribution in [0.1, 0.15) is 32.1 Å². The molecule has 0 aliphatic heterocycles. The summed E-state index contributed by atoms with van der Waals surface area (Å²) in [5.74, 6) is 0.355. The smallest absolute Gasteiger partial charge is 0.309 e. The molecule has 0 bridgehead atoms. The lowest BCUT2D eigenvalue weighted by Gasteiger charge is -2.19. The standard InChI is InChI=1S/C17H23NO3S/c19-16(13-21-17(20)14-7-3-1-4-8-14)18-11-12-22-15-9-5-2-6-10-15/h2,5-6,9-10,14H,1,3-4,7-8,11-13H2,(H,18,19). The molecule has 0 spiro atoms. The number of hydrogen-bond acceptors (Lipinski definition) is 4. The van der Waals surface area contributed by atoms with Gasteiger partial charge in [0.25, 0.3) is 5.91 Å². The fraction of sp³-hybridized carbons (Fsp3) is 0.529. The minimum atomic E-state index is -0.224. The van der Waals surface area contributed by atoms with E-state index in [0.717, 1.165) is 31.4 Å². The van der Waals surface area contributed by atoms with Crippen molar-refractivity contribution >= 4 is 23.6 Å². The van der Waals surface area contributed by atoms with Crippen molar-refractivity contribution in [2.75, 3.05) is 18.9 Å². The van der Waals surface area contributed by atoms with Crippen molar-refractivity contribution in [2.45, 2.75) is 37.0 Å². The third-order valence-electron chi connectivity index (χ3n) is 3.72. The quantitative estimate of drug-likeness (QED) is 0.476. The minimum Gasteiger partial charge on any atom is -0.455 e. The van der Waals surface area contributed by atoms with E-state index in [1.807, 2.05) is 30.3 Å². The molecule has 1 aliphatic carbocycles. The Morgan fingerprint density at radius 2 is 1.86 bits per heavy atom. The van der Waals surface area contributed by atoms with Gasteiger partial charge in [-0.2, -0.15) is 0 Å². The van der Waals surface area contributed by atoms with Gasteiger partial charge in [-0.3, -0.25) is 9.59 Å². The maximum Gasteiger partial charge on any atom is 0.309 e. The molecule has 0 saturated heterocycles. The second kappa shape index (κ2) is 9.51. The number of hydrogen-bond donors (Lipinski definition) is 1. The second-order valence-corrected chi connectivity index (χ2v) is 6.62. The SMILES string of the molecule is O=C(COC(=O)C1CCCCC1)NCCSc1ccccc1. The van der Waals surface area contributed by atoms with E-state index in [0.29, 0.717) is 6.54 Å². The van der Waals surface area contributed by atoms with Crippen LogP contribution in [0.3, 0.4) is 0 Å². The Bertz CT molecular complexity index is 472. The molecule has 1 fully saturated rings. The van der Waals surface area contributed by atoms with Crippen LogP contribution in [0.4, 0.5) is 0 Å². The fourth-order valence-corrected chi connectivity index (χ4v) is 3.31. The van der Waals surface area contributed by atoms with Gasteiger partial charge in [-0.15, -0.1) is 11.8 Å². The third-order valence-corrected chi connectivity index (χ3v) is 4.73. The summed E-state index contributed by atoms with van der Waals surface area (Å²) in [7, 11) is 0. The van der Waals surface area contributed by atoms with Gasteiger partial charge in [-0.05, 0) is 25.0 Å². The highest BCUT2D eigenvalue weighted by molar-refractivity contribution is 7.99. The van der Waals surface area contributed by atoms with E-state index in [4.69, 9.17) is 4.74 Å². The topological polar surface area (TPSA) is 55.4 Å². The van der Waals surface area contributed by atoms with Gasteiger partial charge in [0, 0.05) is 17.2 Å². The number of rotatable bonds is 7. The van der Waals surface area contributed by atoms with Crippen molar-refractivity contribution in [2.24, 2.45) is 5.92 Å². The highest BCUT2D eigenvalue weighted by Gasteiger charge is 2.22. The Kier molecular flexibility index (Phi) is 7.30. The summed E-state index contributed by atoms with van der Waals surface area (Å²) >= 11 is 1.69. The summed E-state index contributed by atoms with van der Waals surface area (Å²) in [5.41, 5.74) is 0. The van der Waals surface area contributed by atoms with Gasteiger partial charge in [0.2, 0.25) is 0 Å². The first-order chi connectivity index (χ1) is 10.8. The first kappa shape index (κ1) is 16.9. The van der Waals surface area contributed by atoms with Gasteiger partial charge in [0.15, 0.2) is 6.61 Å². The van der Waals surface area contributed by atoms with Gasteiger partial charge in [-0.1, -0.05) is 37.5 Å². The fourth-order valence-electron chi connectivity index (χ4n) is 2.52. The molecule has 1 aromatic carbocycles. The molecule has 1 aliphatic rings. The highest BCUT2D eigenvalue weighted by atomic mass is 32.2. The lowest BCUT2D eigenvalue weighted by atomic mass is 9.89. The summed E-state index contributed by atoms with van der Waals surface area (Å²) in [6.45, 7) is 0.407. The largest absolute Gasteiger partial charge is 0.455 e. The van der Waals surface area contributed by atoms with E-state index in [2.05, 4.69) is 5.32 Å². The molecule has 1 aromatic rings. The number of benzene rings is 1. The zero-order valence-electron chi connectivity index (χ0n) is 12.8. The normalized spacial score (nSPS) is 15.3. The molecule has 0 atom stereocenters. The Labute approximate surface area is 136 Å². The molecule has 1 saturated carbocycles. The second-order valence-electron chi connectivity index (χ2n) is 5.45. The van der Waals surface area contributed by atoms with Crippen molar-refractivity contribution in [1.82, 2.24) is 5.32 Å². The van der Waals surface area contributed by atoms with Crippen molar-refractivity contribution in [1.29, 1.82) is 0 Å². The number of nitrogens with one attached hydrogen (secondary N) is 1. The van der Waals surface area contributed by atoms with Gasteiger partial charge in [-0.25, -0.2) is 0 Å². The summed E-state index contributed by atoms with van der Waals surface area (Å²) < 4.78 is 5.10. The summed E-state index contributed by atoms with van der Waals surface area (Å²) in [6.07, 6.45) is 5.16. The van der Waals surface area contributed by atoms with E-state index in [-0.39, 0.29) is 24.4 Å². The predicted molar refractivity (Wildman–Crippen MR) is 87.7 cm³/mol. The predicted octanol–water partition coefficient (Wildman–Crippen LogP) is 3.02. The molecule has 5 heteroatoms. The molecule has 22 heavy (non-hydrogen) atoms. The van der Waals surface area contributed by atoms with Gasteiger partial charge < -0.3 is 10.1 Å². The maximum absolute atomic E-state index is 11.8. The lowest BCUT2D eigenvalue weighted by molar-refractivity contribution is -0.153. The molecule has 0 heterocycles. The Morgan fingerprint density at radius 1 is 1.14 bits per heavy atom. The first-order valence-electron chi connectivity index (χ1n) is 7.87. The molecule has 0 aromatic heterocycles. The third kappa shape index (κ3) is 6.10. The number of carbonyl (C=O) groups excluding carboxylic acids is 2. The van der Waals surface area contributed by atoms with Crippen molar-refractivity contribution in [3.63, 3.8) is 0 Å². The zero-order valence-corrected chi connectivity index (χ0v) is 13.6. The molecular formula is C17H23NO3S. The summed E-state index contributed by atoms with van der Waals surface area (Å²) in [6, 6.07) is 10.0. The van der Waals surface area contributed by atoms with Crippen LogP contribution in [0, 0.1) is 5.92 Å². The lowest BCUT2D eigenvalue weighted by Crippen LogP contribution is -2.32. The van der Waals surface area contributed by atoms with Gasteiger partial charge in [0.1, 0.15) is 0 Å². The zero-order chi connectivity index (χ0) is 15.6. The van der Waals surface area contributed by atoms with Crippen LogP contribution in [-0.2, 0) is 14.3 Å². The van der Waals surface area contributed by atoms with E-state index in [9.17, 15) is 9.59 Å². The van der Waals surface area contributed by atoms with Crippen LogP contribution in [0.15, 0.2) is 35.2 Å². The molecule has 1 amide bonds. The molecule has 4 nitrogen and oxygen atoms in total. The molecule has 0 unspecified atom stereocenters. The van der Waals surface area contributed by atoms with E-state index in [1.165, 1.54) is 11.3 Å². The molecule has 0 radical (unpaired) electrons. The van der Waals surface area contributed by atoms with Crippen LogP contribution in [-0.4, -0.2) is 30.8 Å². The van der Waals surface area contributed by atoms with Gasteiger partial charge in [0.05, 0.1) is 5.92 Å². The number of thioether (sulfide) groups is 1. The van der Waals surface area contributed by atoms with Crippen molar-refractivity contribution < 1.29 is 14.3 Å². The molecular weight excluding hydrogens is 298 g/mol. The number of amides is 1. The summed E-state index contributed by atoms with van der Waals surface area (Å²) in [5, 5.41) is 2.77. The average Bonchev–Trinajstić information content (AvgIpc) is 2.58. The van der Waals surface area contributed by atoms with E-state index >= 15 is 0 Å².